The molecule has 78 valence electrons. The molecule has 0 aliphatic heterocycles. The summed E-state index contributed by atoms with van der Waals surface area (Å²) >= 11 is 4.13. The second kappa shape index (κ2) is 15.0. The summed E-state index contributed by atoms with van der Waals surface area (Å²) in [5.41, 5.74) is 1.21. The quantitative estimate of drug-likeness (QED) is 0.435. The van der Waals surface area contributed by atoms with Crippen LogP contribution >= 0.6 is 12.6 Å². The Bertz CT molecular complexity index is 252. The monoisotopic (exact) mass is 292 g/mol. The van der Waals surface area contributed by atoms with Crippen LogP contribution in [0, 0.1) is 0 Å². The van der Waals surface area contributed by atoms with Gasteiger partial charge in [-0.2, -0.15) is 12.6 Å². The van der Waals surface area contributed by atoms with E-state index in [-0.39, 0.29) is 103 Å². The van der Waals surface area contributed by atoms with E-state index in [0.717, 1.165) is 11.5 Å². The SMILES string of the molecule is COc1ccc(CS)cc1.O=C([O-])[O-].[K+].[K+]. The van der Waals surface area contributed by atoms with Crippen molar-refractivity contribution in [3.63, 3.8) is 0 Å². The Hall–Kier alpha value is 1.91. The summed E-state index contributed by atoms with van der Waals surface area (Å²) in [6, 6.07) is 7.88. The van der Waals surface area contributed by atoms with Gasteiger partial charge in [0.25, 0.3) is 0 Å². The standard InChI is InChI=1S/C8H10OS.CH2O3.2K/c1-9-8-4-2-7(6-10)3-5-8;2-1(3)4;;/h2-5,10H,6H2,1H3;(H2,2,3,4);;/q;;2*+1/p-2. The van der Waals surface area contributed by atoms with Crippen LogP contribution in [0.25, 0.3) is 0 Å². The molecule has 0 fully saturated rings. The summed E-state index contributed by atoms with van der Waals surface area (Å²) < 4.78 is 4.99. The molecule has 16 heavy (non-hydrogen) atoms. The van der Waals surface area contributed by atoms with Crippen LogP contribution in [0.15, 0.2) is 24.3 Å². The number of carboxylic acid groups (broad SMARTS) is 2. The number of rotatable bonds is 2. The Morgan fingerprint density at radius 1 is 1.25 bits per heavy atom. The second-order valence-electron chi connectivity index (χ2n) is 2.26. The fourth-order valence-electron chi connectivity index (χ4n) is 0.731. The van der Waals surface area contributed by atoms with Crippen LogP contribution in [-0.4, -0.2) is 13.3 Å². The Labute approximate surface area is 185 Å². The average molecular weight is 292 g/mol. The van der Waals surface area contributed by atoms with Gasteiger partial charge in [-0.25, -0.2) is 0 Å². The van der Waals surface area contributed by atoms with Gasteiger partial charge in [0.2, 0.25) is 0 Å². The van der Waals surface area contributed by atoms with E-state index in [1.807, 2.05) is 24.3 Å². The summed E-state index contributed by atoms with van der Waals surface area (Å²) in [6.45, 7) is 0. The molecule has 0 bridgehead atoms. The smallest absolute Gasteiger partial charge is 0.652 e. The Morgan fingerprint density at radius 2 is 1.62 bits per heavy atom. The minimum Gasteiger partial charge on any atom is -0.652 e. The van der Waals surface area contributed by atoms with Crippen LogP contribution < -0.4 is 118 Å². The van der Waals surface area contributed by atoms with E-state index in [1.54, 1.807) is 7.11 Å². The van der Waals surface area contributed by atoms with Crippen LogP contribution in [-0.2, 0) is 5.75 Å². The molecule has 0 saturated heterocycles. The van der Waals surface area contributed by atoms with E-state index in [0.29, 0.717) is 0 Å². The van der Waals surface area contributed by atoms with Gasteiger partial charge in [0.05, 0.1) is 7.11 Å². The molecule has 1 rings (SSSR count). The molecule has 4 nitrogen and oxygen atoms in total. The molecule has 0 heterocycles. The summed E-state index contributed by atoms with van der Waals surface area (Å²) in [5, 5.41) is 16.7. The summed E-state index contributed by atoms with van der Waals surface area (Å²) in [5.74, 6) is 1.68. The summed E-state index contributed by atoms with van der Waals surface area (Å²) in [4.78, 5) is 8.33. The van der Waals surface area contributed by atoms with Crippen LogP contribution in [0.2, 0.25) is 0 Å². The third kappa shape index (κ3) is 14.0. The Balaban J connectivity index is -0.000000249. The minimum atomic E-state index is -2.33. The first-order valence-corrected chi connectivity index (χ1v) is 4.35. The molecule has 7 heteroatoms. The van der Waals surface area contributed by atoms with E-state index in [4.69, 9.17) is 19.7 Å². The number of benzene rings is 1. The molecular weight excluding hydrogens is 282 g/mol. The van der Waals surface area contributed by atoms with E-state index < -0.39 is 6.16 Å². The second-order valence-corrected chi connectivity index (χ2v) is 2.57. The van der Waals surface area contributed by atoms with Crippen molar-refractivity contribution < 1.29 is 123 Å². The number of hydrogen-bond donors (Lipinski definition) is 1. The number of ether oxygens (including phenoxy) is 1. The van der Waals surface area contributed by atoms with Crippen molar-refractivity contribution in [3.8, 4) is 5.75 Å². The van der Waals surface area contributed by atoms with Gasteiger partial charge in [-0.3, -0.25) is 0 Å². The van der Waals surface area contributed by atoms with Crippen molar-refractivity contribution in [2.24, 2.45) is 0 Å². The Kier molecular flexibility index (Phi) is 21.6. The number of thiol groups is 1. The molecule has 0 aliphatic carbocycles. The van der Waals surface area contributed by atoms with Crippen molar-refractivity contribution in [3.05, 3.63) is 29.8 Å². The first-order valence-electron chi connectivity index (χ1n) is 3.72. The van der Waals surface area contributed by atoms with Gasteiger partial charge in [0, 0.05) is 5.75 Å². The molecule has 0 spiro atoms. The van der Waals surface area contributed by atoms with Crippen LogP contribution in [0.1, 0.15) is 5.56 Å². The van der Waals surface area contributed by atoms with Gasteiger partial charge in [-0.1, -0.05) is 12.1 Å². The van der Waals surface area contributed by atoms with Gasteiger partial charge in [0.1, 0.15) is 5.75 Å². The van der Waals surface area contributed by atoms with Gasteiger partial charge in [-0.05, 0) is 23.9 Å². The fourth-order valence-corrected chi connectivity index (χ4v) is 0.942. The van der Waals surface area contributed by atoms with Crippen LogP contribution in [0.4, 0.5) is 4.79 Å². The van der Waals surface area contributed by atoms with E-state index in [1.165, 1.54) is 5.56 Å². The Morgan fingerprint density at radius 3 is 1.88 bits per heavy atom. The molecule has 0 saturated carbocycles. The molecule has 0 aromatic heterocycles. The van der Waals surface area contributed by atoms with E-state index in [9.17, 15) is 0 Å². The van der Waals surface area contributed by atoms with Crippen molar-refractivity contribution in [1.29, 1.82) is 0 Å². The minimum absolute atomic E-state index is 0. The largest absolute Gasteiger partial charge is 1.00 e. The predicted molar refractivity (Wildman–Crippen MR) is 51.1 cm³/mol. The topological polar surface area (TPSA) is 72.4 Å². The van der Waals surface area contributed by atoms with E-state index in [2.05, 4.69) is 12.6 Å². The van der Waals surface area contributed by atoms with Gasteiger partial charge >= 0.3 is 103 Å². The first kappa shape index (κ1) is 23.0. The predicted octanol–water partition coefficient (Wildman–Crippen LogP) is -6.31. The third-order valence-electron chi connectivity index (χ3n) is 1.34. The molecule has 0 atom stereocenters. The van der Waals surface area contributed by atoms with Crippen molar-refractivity contribution in [2.45, 2.75) is 5.75 Å². The number of methoxy groups -OCH3 is 1. The van der Waals surface area contributed by atoms with Crippen molar-refractivity contribution in [2.75, 3.05) is 7.11 Å². The summed E-state index contributed by atoms with van der Waals surface area (Å²) in [6.07, 6.45) is -2.33. The molecule has 0 N–H and O–H groups in total. The molecule has 0 amide bonds. The molecule has 1 aromatic rings. The van der Waals surface area contributed by atoms with E-state index >= 15 is 0 Å². The molecule has 0 unspecified atom stereocenters. The molecule has 0 aliphatic rings. The maximum atomic E-state index is 8.33. The van der Waals surface area contributed by atoms with Gasteiger partial charge < -0.3 is 19.7 Å². The number of carbonyl (C=O) groups excluding carboxylic acids is 1. The zero-order valence-corrected chi connectivity index (χ0v) is 16.7. The van der Waals surface area contributed by atoms with Crippen LogP contribution in [0.5, 0.6) is 5.75 Å². The zero-order chi connectivity index (χ0) is 11.0. The molecular formula is C9H10K2O4S. The van der Waals surface area contributed by atoms with Gasteiger partial charge in [0.15, 0.2) is 0 Å². The first-order chi connectivity index (χ1) is 6.60. The summed E-state index contributed by atoms with van der Waals surface area (Å²) in [7, 11) is 1.66. The van der Waals surface area contributed by atoms with Crippen molar-refractivity contribution in [1.82, 2.24) is 0 Å². The normalized spacial score (nSPS) is 7.38. The maximum Gasteiger partial charge on any atom is 1.00 e. The maximum absolute atomic E-state index is 8.33. The number of carbonyl (C=O) groups is 1. The fraction of sp³-hybridized carbons (Fsp3) is 0.222. The van der Waals surface area contributed by atoms with Gasteiger partial charge in [-0.15, -0.1) is 0 Å². The molecule has 1 aromatic carbocycles. The van der Waals surface area contributed by atoms with Crippen molar-refractivity contribution >= 4 is 18.8 Å². The van der Waals surface area contributed by atoms with Crippen LogP contribution in [0.3, 0.4) is 0 Å². The zero-order valence-electron chi connectivity index (χ0n) is 9.60. The average Bonchev–Trinajstić information content (AvgIpc) is 2.17. The number of hydrogen-bond acceptors (Lipinski definition) is 5. The third-order valence-corrected chi connectivity index (χ3v) is 1.71. The molecule has 0 radical (unpaired) electrons.